The van der Waals surface area contributed by atoms with E-state index in [0.717, 1.165) is 16.0 Å². The quantitative estimate of drug-likeness (QED) is 0.649. The first kappa shape index (κ1) is 20.0. The number of hydrogen-bond acceptors (Lipinski definition) is 7. The van der Waals surface area contributed by atoms with Crippen LogP contribution in [0.25, 0.3) is 5.69 Å². The van der Waals surface area contributed by atoms with Crippen LogP contribution >= 0.6 is 11.3 Å². The van der Waals surface area contributed by atoms with Crippen LogP contribution in [-0.2, 0) is 4.74 Å². The fourth-order valence-electron chi connectivity index (χ4n) is 2.58. The van der Waals surface area contributed by atoms with Gasteiger partial charge < -0.3 is 10.1 Å². The van der Waals surface area contributed by atoms with Gasteiger partial charge in [0.25, 0.3) is 11.5 Å². The molecule has 0 unspecified atom stereocenters. The molecule has 146 valence electrons. The number of benzene rings is 1. The van der Waals surface area contributed by atoms with Crippen molar-refractivity contribution in [3.8, 4) is 11.8 Å². The minimum absolute atomic E-state index is 0.0129. The number of hydrogen-bond donors (Lipinski definition) is 1. The number of nitrogens with one attached hydrogen (secondary N) is 1. The minimum atomic E-state index is -0.608. The van der Waals surface area contributed by atoms with Gasteiger partial charge in [-0.3, -0.25) is 9.59 Å². The van der Waals surface area contributed by atoms with Gasteiger partial charge in [0.15, 0.2) is 0 Å². The molecular formula is C20H16N4O4S. The predicted molar refractivity (Wildman–Crippen MR) is 108 cm³/mol. The number of carbonyl (C=O) groups excluding carboxylic acids is 2. The monoisotopic (exact) mass is 408 g/mol. The van der Waals surface area contributed by atoms with Crippen LogP contribution in [0.2, 0.25) is 0 Å². The van der Waals surface area contributed by atoms with E-state index in [4.69, 9.17) is 4.74 Å². The number of esters is 1. The lowest BCUT2D eigenvalue weighted by Gasteiger charge is -2.07. The van der Waals surface area contributed by atoms with Gasteiger partial charge in [-0.2, -0.15) is 15.0 Å². The van der Waals surface area contributed by atoms with Crippen LogP contribution in [0.5, 0.6) is 0 Å². The van der Waals surface area contributed by atoms with Crippen molar-refractivity contribution in [2.75, 3.05) is 11.9 Å². The fourth-order valence-corrected chi connectivity index (χ4v) is 3.63. The molecular weight excluding hydrogens is 392 g/mol. The standard InChI is InChI=1S/C20H16N4O4S/c1-3-28-20(27)17-12(2)14(11-21)19(29-17)22-18(26)15-9-10-16(25)24(23-15)13-7-5-4-6-8-13/h4-10H,3H2,1-2H3,(H,22,26). The van der Waals surface area contributed by atoms with Crippen molar-refractivity contribution >= 4 is 28.2 Å². The van der Waals surface area contributed by atoms with E-state index < -0.39 is 11.9 Å². The number of rotatable bonds is 5. The topological polar surface area (TPSA) is 114 Å². The molecule has 0 spiro atoms. The average molecular weight is 408 g/mol. The van der Waals surface area contributed by atoms with Gasteiger partial charge in [-0.25, -0.2) is 4.79 Å². The molecule has 3 rings (SSSR count). The molecule has 0 aliphatic carbocycles. The second-order valence-corrected chi connectivity index (χ2v) is 6.87. The van der Waals surface area contributed by atoms with E-state index >= 15 is 0 Å². The van der Waals surface area contributed by atoms with Gasteiger partial charge in [-0.05, 0) is 37.6 Å². The zero-order valence-electron chi connectivity index (χ0n) is 15.6. The molecule has 3 aromatic rings. The highest BCUT2D eigenvalue weighted by molar-refractivity contribution is 7.18. The molecule has 0 saturated heterocycles. The lowest BCUT2D eigenvalue weighted by Crippen LogP contribution is -2.24. The molecule has 0 aliphatic rings. The smallest absolute Gasteiger partial charge is 0.348 e. The van der Waals surface area contributed by atoms with Crippen LogP contribution in [0, 0.1) is 18.3 Å². The molecule has 29 heavy (non-hydrogen) atoms. The lowest BCUT2D eigenvalue weighted by molar-refractivity contribution is 0.0531. The van der Waals surface area contributed by atoms with Crippen molar-refractivity contribution in [1.29, 1.82) is 5.26 Å². The van der Waals surface area contributed by atoms with Crippen molar-refractivity contribution in [3.63, 3.8) is 0 Å². The lowest BCUT2D eigenvalue weighted by atomic mass is 10.2. The van der Waals surface area contributed by atoms with E-state index in [1.54, 1.807) is 44.2 Å². The van der Waals surface area contributed by atoms with Gasteiger partial charge >= 0.3 is 5.97 Å². The largest absolute Gasteiger partial charge is 0.462 e. The van der Waals surface area contributed by atoms with E-state index in [-0.39, 0.29) is 33.3 Å². The van der Waals surface area contributed by atoms with Crippen molar-refractivity contribution in [2.24, 2.45) is 0 Å². The Morgan fingerprint density at radius 1 is 1.24 bits per heavy atom. The molecule has 9 heteroatoms. The molecule has 1 N–H and O–H groups in total. The summed E-state index contributed by atoms with van der Waals surface area (Å²) in [6, 6.07) is 13.2. The van der Waals surface area contributed by atoms with Gasteiger partial charge in [-0.1, -0.05) is 18.2 Å². The summed E-state index contributed by atoms with van der Waals surface area (Å²) in [5, 5.41) is 16.4. The number of ether oxygens (including phenoxy) is 1. The highest BCUT2D eigenvalue weighted by Gasteiger charge is 2.23. The number of aromatic nitrogens is 2. The number of nitrogens with zero attached hydrogens (tertiary/aromatic N) is 3. The maximum atomic E-state index is 12.7. The van der Waals surface area contributed by atoms with Crippen LogP contribution < -0.4 is 10.9 Å². The molecule has 1 amide bonds. The molecule has 8 nitrogen and oxygen atoms in total. The van der Waals surface area contributed by atoms with E-state index in [1.165, 1.54) is 12.1 Å². The van der Waals surface area contributed by atoms with Crippen molar-refractivity contribution in [1.82, 2.24) is 9.78 Å². The molecule has 0 fully saturated rings. The normalized spacial score (nSPS) is 10.2. The van der Waals surface area contributed by atoms with Crippen LogP contribution in [0.4, 0.5) is 5.00 Å². The molecule has 1 aromatic carbocycles. The van der Waals surface area contributed by atoms with E-state index in [2.05, 4.69) is 10.4 Å². The Balaban J connectivity index is 1.94. The van der Waals surface area contributed by atoms with Gasteiger partial charge in [0.1, 0.15) is 21.6 Å². The summed E-state index contributed by atoms with van der Waals surface area (Å²) in [6.07, 6.45) is 0. The first-order valence-corrected chi connectivity index (χ1v) is 9.45. The second-order valence-electron chi connectivity index (χ2n) is 5.85. The number of anilines is 1. The Hall–Kier alpha value is -3.77. The minimum Gasteiger partial charge on any atom is -0.462 e. The summed E-state index contributed by atoms with van der Waals surface area (Å²) in [7, 11) is 0. The van der Waals surface area contributed by atoms with Crippen LogP contribution in [-0.4, -0.2) is 28.3 Å². The van der Waals surface area contributed by atoms with Gasteiger partial charge in [-0.15, -0.1) is 11.3 Å². The number of nitriles is 1. The third kappa shape index (κ3) is 4.07. The average Bonchev–Trinajstić information content (AvgIpc) is 3.04. The molecule has 2 heterocycles. The Labute approximate surface area is 170 Å². The third-order valence-electron chi connectivity index (χ3n) is 3.98. The number of thiophene rings is 1. The summed E-state index contributed by atoms with van der Waals surface area (Å²) < 4.78 is 6.10. The number of para-hydroxylation sites is 1. The summed E-state index contributed by atoms with van der Waals surface area (Å²) in [5.41, 5.74) is 0.737. The third-order valence-corrected chi connectivity index (χ3v) is 5.17. The Morgan fingerprint density at radius 2 is 1.97 bits per heavy atom. The highest BCUT2D eigenvalue weighted by atomic mass is 32.1. The summed E-state index contributed by atoms with van der Waals surface area (Å²) in [4.78, 5) is 37.1. The number of amides is 1. The van der Waals surface area contributed by atoms with Crippen LogP contribution in [0.1, 0.15) is 38.2 Å². The molecule has 0 radical (unpaired) electrons. The van der Waals surface area contributed by atoms with Gasteiger partial charge in [0.05, 0.1) is 17.9 Å². The predicted octanol–water partition coefficient (Wildman–Crippen LogP) is 2.90. The van der Waals surface area contributed by atoms with E-state index in [0.29, 0.717) is 11.3 Å². The van der Waals surface area contributed by atoms with Crippen LogP contribution in [0.3, 0.4) is 0 Å². The van der Waals surface area contributed by atoms with Crippen molar-refractivity contribution in [3.05, 3.63) is 74.5 Å². The first-order chi connectivity index (χ1) is 14.0. The second kappa shape index (κ2) is 8.50. The Kier molecular flexibility index (Phi) is 5.85. The van der Waals surface area contributed by atoms with Crippen molar-refractivity contribution < 1.29 is 14.3 Å². The van der Waals surface area contributed by atoms with Crippen molar-refractivity contribution in [2.45, 2.75) is 13.8 Å². The number of carbonyl (C=O) groups is 2. The first-order valence-electron chi connectivity index (χ1n) is 8.64. The maximum Gasteiger partial charge on any atom is 0.348 e. The molecule has 0 bridgehead atoms. The van der Waals surface area contributed by atoms with E-state index in [1.807, 2.05) is 6.07 Å². The zero-order chi connectivity index (χ0) is 21.0. The molecule has 0 atom stereocenters. The fraction of sp³-hybridized carbons (Fsp3) is 0.150. The molecule has 2 aromatic heterocycles. The summed E-state index contributed by atoms with van der Waals surface area (Å²) in [5.74, 6) is -1.16. The highest BCUT2D eigenvalue weighted by Crippen LogP contribution is 2.33. The van der Waals surface area contributed by atoms with Gasteiger partial charge in [0.2, 0.25) is 0 Å². The van der Waals surface area contributed by atoms with E-state index in [9.17, 15) is 19.6 Å². The zero-order valence-corrected chi connectivity index (χ0v) is 16.4. The summed E-state index contributed by atoms with van der Waals surface area (Å²) in [6.45, 7) is 3.50. The SMILES string of the molecule is CCOC(=O)c1sc(NC(=O)c2ccc(=O)n(-c3ccccc3)n2)c(C#N)c1C. The Bertz CT molecular complexity index is 1180. The summed E-state index contributed by atoms with van der Waals surface area (Å²) >= 11 is 0.960. The van der Waals surface area contributed by atoms with Crippen LogP contribution in [0.15, 0.2) is 47.3 Å². The molecule has 0 aliphatic heterocycles. The Morgan fingerprint density at radius 3 is 2.62 bits per heavy atom. The maximum absolute atomic E-state index is 12.7. The van der Waals surface area contributed by atoms with Gasteiger partial charge in [0, 0.05) is 6.07 Å². The molecule has 0 saturated carbocycles.